The molecule has 2 aliphatic carbocycles. The van der Waals surface area contributed by atoms with Crippen LogP contribution in [0.4, 0.5) is 4.79 Å². The third kappa shape index (κ3) is 3.30. The van der Waals surface area contributed by atoms with E-state index in [1.54, 1.807) is 7.11 Å². The van der Waals surface area contributed by atoms with Gasteiger partial charge in [0, 0.05) is 44.2 Å². The minimum absolute atomic E-state index is 0.152. The molecule has 0 aromatic heterocycles. The molecule has 5 nitrogen and oxygen atoms in total. The molecule has 2 heterocycles. The molecule has 2 saturated carbocycles. The second-order valence-corrected chi connectivity index (χ2v) is 8.62. The van der Waals surface area contributed by atoms with E-state index < -0.39 is 0 Å². The number of carbonyl (C=O) groups is 1. The summed E-state index contributed by atoms with van der Waals surface area (Å²) in [7, 11) is 1.77. The van der Waals surface area contributed by atoms with Crippen LogP contribution in [0.1, 0.15) is 51.4 Å². The Morgan fingerprint density at radius 3 is 2.67 bits per heavy atom. The zero-order chi connectivity index (χ0) is 16.6. The topological polar surface area (TPSA) is 44.8 Å². The van der Waals surface area contributed by atoms with Crippen LogP contribution in [0.3, 0.4) is 0 Å². The van der Waals surface area contributed by atoms with Gasteiger partial charge in [-0.25, -0.2) is 4.79 Å². The summed E-state index contributed by atoms with van der Waals surface area (Å²) >= 11 is 0. The molecule has 0 unspecified atom stereocenters. The SMILES string of the molecule is COCC1(CNC(=O)N2CC[C@@H]3[C@@H](CCCN3C3CC3)C2)CCC1. The number of methoxy groups -OCH3 is 1. The number of amides is 2. The maximum absolute atomic E-state index is 12.7. The molecule has 0 aromatic carbocycles. The fourth-order valence-corrected chi connectivity index (χ4v) is 5.22. The second-order valence-electron chi connectivity index (χ2n) is 8.62. The summed E-state index contributed by atoms with van der Waals surface area (Å²) in [4.78, 5) is 17.5. The molecule has 2 atom stereocenters. The molecule has 0 spiro atoms. The van der Waals surface area contributed by atoms with Crippen molar-refractivity contribution in [2.75, 3.05) is 39.9 Å². The number of hydrogen-bond acceptors (Lipinski definition) is 3. The average Bonchev–Trinajstić information content (AvgIpc) is 3.40. The molecule has 2 amide bonds. The lowest BCUT2D eigenvalue weighted by Gasteiger charge is -2.48. The normalized spacial score (nSPS) is 32.8. The molecule has 4 rings (SSSR count). The van der Waals surface area contributed by atoms with Gasteiger partial charge in [-0.2, -0.15) is 0 Å². The van der Waals surface area contributed by atoms with Gasteiger partial charge in [0.05, 0.1) is 6.61 Å². The number of rotatable bonds is 5. The van der Waals surface area contributed by atoms with E-state index in [-0.39, 0.29) is 11.4 Å². The zero-order valence-electron chi connectivity index (χ0n) is 15.1. The molecule has 0 aromatic rings. The average molecular weight is 335 g/mol. The predicted molar refractivity (Wildman–Crippen MR) is 94.0 cm³/mol. The monoisotopic (exact) mass is 335 g/mol. The summed E-state index contributed by atoms with van der Waals surface area (Å²) in [5, 5.41) is 3.22. The first kappa shape index (κ1) is 16.6. The maximum atomic E-state index is 12.7. The fourth-order valence-electron chi connectivity index (χ4n) is 5.22. The van der Waals surface area contributed by atoms with Gasteiger partial charge >= 0.3 is 6.03 Å². The molecular weight excluding hydrogens is 302 g/mol. The van der Waals surface area contributed by atoms with E-state index in [0.29, 0.717) is 5.92 Å². The highest BCUT2D eigenvalue weighted by atomic mass is 16.5. The van der Waals surface area contributed by atoms with Gasteiger partial charge in [-0.05, 0) is 57.4 Å². The Balaban J connectivity index is 1.28. The first-order chi connectivity index (χ1) is 11.7. The highest BCUT2D eigenvalue weighted by molar-refractivity contribution is 5.74. The van der Waals surface area contributed by atoms with E-state index in [2.05, 4.69) is 15.1 Å². The molecule has 0 radical (unpaired) electrons. The van der Waals surface area contributed by atoms with Crippen LogP contribution in [0, 0.1) is 11.3 Å². The smallest absolute Gasteiger partial charge is 0.317 e. The van der Waals surface area contributed by atoms with Gasteiger partial charge in [-0.1, -0.05) is 6.42 Å². The van der Waals surface area contributed by atoms with Crippen molar-refractivity contribution >= 4 is 6.03 Å². The molecular formula is C19H33N3O2. The van der Waals surface area contributed by atoms with Crippen molar-refractivity contribution in [2.45, 2.75) is 63.5 Å². The van der Waals surface area contributed by atoms with Crippen LogP contribution in [0.25, 0.3) is 0 Å². The van der Waals surface area contributed by atoms with Crippen LogP contribution in [-0.4, -0.2) is 67.8 Å². The number of nitrogens with zero attached hydrogens (tertiary/aromatic N) is 2. The van der Waals surface area contributed by atoms with E-state index in [1.165, 1.54) is 51.5 Å². The molecule has 2 saturated heterocycles. The maximum Gasteiger partial charge on any atom is 0.317 e. The van der Waals surface area contributed by atoms with E-state index in [1.807, 2.05) is 0 Å². The first-order valence-electron chi connectivity index (χ1n) is 9.98. The Morgan fingerprint density at radius 2 is 2.00 bits per heavy atom. The van der Waals surface area contributed by atoms with Crippen LogP contribution in [0.15, 0.2) is 0 Å². The van der Waals surface area contributed by atoms with Gasteiger partial charge in [0.1, 0.15) is 0 Å². The van der Waals surface area contributed by atoms with Crippen molar-refractivity contribution in [3.8, 4) is 0 Å². The quantitative estimate of drug-likeness (QED) is 0.839. The largest absolute Gasteiger partial charge is 0.384 e. The van der Waals surface area contributed by atoms with Gasteiger partial charge in [-0.3, -0.25) is 4.90 Å². The Hall–Kier alpha value is -0.810. The number of ether oxygens (including phenoxy) is 1. The standard InChI is InChI=1S/C19H33N3O2/c1-24-14-19(8-3-9-19)13-20-18(23)21-11-7-17-15(12-21)4-2-10-22(17)16-5-6-16/h15-17H,2-14H2,1H3,(H,20,23)/t15-,17+/m0/s1. The minimum Gasteiger partial charge on any atom is -0.384 e. The highest BCUT2D eigenvalue weighted by Gasteiger charge is 2.43. The second kappa shape index (κ2) is 6.83. The molecule has 1 N–H and O–H groups in total. The number of fused-ring (bicyclic) bond motifs is 1. The van der Waals surface area contributed by atoms with Gasteiger partial charge < -0.3 is 15.0 Å². The van der Waals surface area contributed by atoms with Crippen LogP contribution < -0.4 is 5.32 Å². The third-order valence-corrected chi connectivity index (χ3v) is 6.89. The summed E-state index contributed by atoms with van der Waals surface area (Å²) in [5.74, 6) is 0.690. The Labute approximate surface area is 146 Å². The Bertz CT molecular complexity index is 462. The van der Waals surface area contributed by atoms with Crippen molar-refractivity contribution in [2.24, 2.45) is 11.3 Å². The first-order valence-corrected chi connectivity index (χ1v) is 9.98. The third-order valence-electron chi connectivity index (χ3n) is 6.89. The van der Waals surface area contributed by atoms with Gasteiger partial charge in [0.25, 0.3) is 0 Å². The summed E-state index contributed by atoms with van der Waals surface area (Å²) < 4.78 is 5.37. The minimum atomic E-state index is 0.152. The summed E-state index contributed by atoms with van der Waals surface area (Å²) in [5.41, 5.74) is 0.205. The number of piperidine rings is 2. The lowest BCUT2D eigenvalue weighted by Crippen LogP contribution is -2.58. The summed E-state index contributed by atoms with van der Waals surface area (Å²) in [6, 6.07) is 1.76. The molecule has 136 valence electrons. The zero-order valence-corrected chi connectivity index (χ0v) is 15.1. The van der Waals surface area contributed by atoms with Crippen LogP contribution in [-0.2, 0) is 4.74 Å². The molecule has 5 heteroatoms. The molecule has 4 fully saturated rings. The summed E-state index contributed by atoms with van der Waals surface area (Å²) in [6.07, 6.45) is 10.2. The molecule has 0 bridgehead atoms. The number of urea groups is 1. The van der Waals surface area contributed by atoms with E-state index in [0.717, 1.165) is 44.7 Å². The van der Waals surface area contributed by atoms with E-state index >= 15 is 0 Å². The van der Waals surface area contributed by atoms with Gasteiger partial charge in [0.2, 0.25) is 0 Å². The Morgan fingerprint density at radius 1 is 1.17 bits per heavy atom. The summed E-state index contributed by atoms with van der Waals surface area (Å²) in [6.45, 7) is 4.72. The van der Waals surface area contributed by atoms with Crippen LogP contribution in [0.5, 0.6) is 0 Å². The lowest BCUT2D eigenvalue weighted by molar-refractivity contribution is 0.0141. The fraction of sp³-hybridized carbons (Fsp3) is 0.947. The Kier molecular flexibility index (Phi) is 4.74. The highest BCUT2D eigenvalue weighted by Crippen LogP contribution is 2.41. The van der Waals surface area contributed by atoms with Gasteiger partial charge in [0.15, 0.2) is 0 Å². The lowest BCUT2D eigenvalue weighted by atomic mass is 9.69. The van der Waals surface area contributed by atoms with Gasteiger partial charge in [-0.15, -0.1) is 0 Å². The number of carbonyl (C=O) groups excluding carboxylic acids is 1. The van der Waals surface area contributed by atoms with Crippen molar-refractivity contribution in [3.63, 3.8) is 0 Å². The predicted octanol–water partition coefficient (Wildman–Crippen LogP) is 2.46. The van der Waals surface area contributed by atoms with Crippen molar-refractivity contribution < 1.29 is 9.53 Å². The molecule has 4 aliphatic rings. The van der Waals surface area contributed by atoms with Crippen LogP contribution in [0.2, 0.25) is 0 Å². The van der Waals surface area contributed by atoms with E-state index in [4.69, 9.17) is 4.74 Å². The van der Waals surface area contributed by atoms with Crippen molar-refractivity contribution in [1.82, 2.24) is 15.1 Å². The number of hydrogen-bond donors (Lipinski definition) is 1. The molecule has 2 aliphatic heterocycles. The number of likely N-dealkylation sites (tertiary alicyclic amines) is 2. The molecule has 24 heavy (non-hydrogen) atoms. The van der Waals surface area contributed by atoms with Crippen LogP contribution >= 0.6 is 0 Å². The van der Waals surface area contributed by atoms with Crippen molar-refractivity contribution in [1.29, 1.82) is 0 Å². The van der Waals surface area contributed by atoms with E-state index in [9.17, 15) is 4.79 Å². The number of nitrogens with one attached hydrogen (secondary N) is 1. The van der Waals surface area contributed by atoms with Crippen molar-refractivity contribution in [3.05, 3.63) is 0 Å².